The number of azide groups is 1. The molecule has 0 aromatic heterocycles. The number of fused-ring (bicyclic) bond motifs is 1. The average Bonchev–Trinajstić information content (AvgIpc) is 3.35. The minimum Gasteiger partial charge on any atom is -0.467 e. The lowest BCUT2D eigenvalue weighted by molar-refractivity contribution is -0.151. The van der Waals surface area contributed by atoms with Gasteiger partial charge in [-0.25, -0.2) is 4.79 Å². The van der Waals surface area contributed by atoms with Gasteiger partial charge in [-0.1, -0.05) is 17.3 Å². The summed E-state index contributed by atoms with van der Waals surface area (Å²) in [5, 5.41) is 3.72. The number of likely N-dealkylation sites (tertiary alicyclic amines) is 1. The molecule has 1 fully saturated rings. The molecule has 9 nitrogen and oxygen atoms in total. The molecular formula is C18H20N4O5. The van der Waals surface area contributed by atoms with E-state index >= 15 is 0 Å². The van der Waals surface area contributed by atoms with Gasteiger partial charge in [0.2, 0.25) is 12.7 Å². The molecule has 3 atom stereocenters. The van der Waals surface area contributed by atoms with Crippen LogP contribution < -0.4 is 9.47 Å². The summed E-state index contributed by atoms with van der Waals surface area (Å²) in [6, 6.07) is 3.51. The minimum absolute atomic E-state index is 0.130. The maximum Gasteiger partial charge on any atom is 0.328 e. The van der Waals surface area contributed by atoms with Gasteiger partial charge in [-0.05, 0) is 36.1 Å². The Kier molecular flexibility index (Phi) is 5.52. The van der Waals surface area contributed by atoms with Crippen molar-refractivity contribution in [2.75, 3.05) is 20.4 Å². The Labute approximate surface area is 156 Å². The number of esters is 1. The third-order valence-electron chi connectivity index (χ3n) is 4.81. The van der Waals surface area contributed by atoms with E-state index in [0.717, 1.165) is 0 Å². The van der Waals surface area contributed by atoms with E-state index < -0.39 is 29.9 Å². The van der Waals surface area contributed by atoms with E-state index in [1.165, 1.54) is 12.0 Å². The van der Waals surface area contributed by atoms with E-state index in [9.17, 15) is 9.59 Å². The number of benzene rings is 1. The molecule has 0 N–H and O–H groups in total. The minimum atomic E-state index is -1.07. The Bertz CT molecular complexity index is 805. The van der Waals surface area contributed by atoms with Gasteiger partial charge in [0.15, 0.2) is 11.5 Å². The molecular weight excluding hydrogens is 352 g/mol. The summed E-state index contributed by atoms with van der Waals surface area (Å²) in [6.45, 7) is 4.33. The quantitative estimate of drug-likeness (QED) is 0.250. The molecule has 142 valence electrons. The highest BCUT2D eigenvalue weighted by Crippen LogP contribution is 2.37. The van der Waals surface area contributed by atoms with Crippen LogP contribution in [0.1, 0.15) is 24.3 Å². The van der Waals surface area contributed by atoms with Gasteiger partial charge in [-0.15, -0.1) is 6.58 Å². The second kappa shape index (κ2) is 8.01. The van der Waals surface area contributed by atoms with E-state index in [1.807, 2.05) is 0 Å². The van der Waals surface area contributed by atoms with Crippen molar-refractivity contribution >= 4 is 11.9 Å². The van der Waals surface area contributed by atoms with Gasteiger partial charge in [0.1, 0.15) is 12.1 Å². The summed E-state index contributed by atoms with van der Waals surface area (Å²) < 4.78 is 15.5. The average molecular weight is 372 g/mol. The van der Waals surface area contributed by atoms with Crippen LogP contribution in [0.4, 0.5) is 0 Å². The van der Waals surface area contributed by atoms with Crippen molar-refractivity contribution in [3.05, 3.63) is 46.9 Å². The van der Waals surface area contributed by atoms with Crippen LogP contribution in [-0.2, 0) is 14.3 Å². The zero-order chi connectivity index (χ0) is 19.4. The fourth-order valence-electron chi connectivity index (χ4n) is 3.48. The first-order chi connectivity index (χ1) is 13.1. The summed E-state index contributed by atoms with van der Waals surface area (Å²) >= 11 is 0. The monoisotopic (exact) mass is 372 g/mol. The highest BCUT2D eigenvalue weighted by Gasteiger charge is 2.40. The Hall–Kier alpha value is -3.19. The van der Waals surface area contributed by atoms with Crippen LogP contribution in [-0.4, -0.2) is 49.3 Å². The van der Waals surface area contributed by atoms with Gasteiger partial charge in [-0.2, -0.15) is 0 Å². The third-order valence-corrected chi connectivity index (χ3v) is 4.81. The standard InChI is InChI=1S/C18H20N4O5/c1-3-12(11-6-7-14-15(9-11)27-10-26-14)16(20-21-19)17(23)22-8-4-5-13(22)18(24)25-2/h3,6-7,9,12-13,16H,1,4-5,8,10H2,2H3/t12-,13+,16-/m1/s1. The number of methoxy groups -OCH3 is 1. The van der Waals surface area contributed by atoms with E-state index in [1.54, 1.807) is 24.3 Å². The molecule has 2 aliphatic heterocycles. The fourth-order valence-corrected chi connectivity index (χ4v) is 3.48. The lowest BCUT2D eigenvalue weighted by Gasteiger charge is -2.28. The fraction of sp³-hybridized carbons (Fsp3) is 0.444. The maximum absolute atomic E-state index is 13.1. The van der Waals surface area contributed by atoms with Crippen molar-refractivity contribution in [3.8, 4) is 11.5 Å². The molecule has 9 heteroatoms. The molecule has 3 rings (SSSR count). The third kappa shape index (κ3) is 3.54. The second-order valence-corrected chi connectivity index (χ2v) is 6.24. The number of carbonyl (C=O) groups is 2. The van der Waals surface area contributed by atoms with E-state index in [0.29, 0.717) is 36.4 Å². The molecule has 1 aromatic rings. The van der Waals surface area contributed by atoms with Crippen LogP contribution in [0.25, 0.3) is 10.4 Å². The van der Waals surface area contributed by atoms with Crippen molar-refractivity contribution in [3.63, 3.8) is 0 Å². The number of hydrogen-bond acceptors (Lipinski definition) is 6. The summed E-state index contributed by atoms with van der Waals surface area (Å²) in [6.07, 6.45) is 2.75. The summed E-state index contributed by atoms with van der Waals surface area (Å²) in [4.78, 5) is 29.4. The number of carbonyl (C=O) groups excluding carboxylic acids is 2. The SMILES string of the molecule is C=C[C@H](c1ccc2c(c1)OCO2)[C@@H](N=[N+]=[N-])C(=O)N1CCC[C@H]1C(=O)OC. The predicted octanol–water partition coefficient (Wildman–Crippen LogP) is 2.53. The van der Waals surface area contributed by atoms with Crippen LogP contribution >= 0.6 is 0 Å². The van der Waals surface area contributed by atoms with Crippen LogP contribution in [0, 0.1) is 0 Å². The molecule has 1 amide bonds. The first kappa shape index (κ1) is 18.6. The van der Waals surface area contributed by atoms with Crippen molar-refractivity contribution < 1.29 is 23.8 Å². The molecule has 27 heavy (non-hydrogen) atoms. The Morgan fingerprint density at radius 2 is 2.22 bits per heavy atom. The van der Waals surface area contributed by atoms with Gasteiger partial charge >= 0.3 is 5.97 Å². The van der Waals surface area contributed by atoms with Crippen molar-refractivity contribution in [1.29, 1.82) is 0 Å². The molecule has 2 heterocycles. The predicted molar refractivity (Wildman–Crippen MR) is 95.2 cm³/mol. The molecule has 0 bridgehead atoms. The smallest absolute Gasteiger partial charge is 0.328 e. The molecule has 0 unspecified atom stereocenters. The van der Waals surface area contributed by atoms with E-state index in [2.05, 4.69) is 16.6 Å². The van der Waals surface area contributed by atoms with Crippen LogP contribution in [0.3, 0.4) is 0 Å². The van der Waals surface area contributed by atoms with E-state index in [4.69, 9.17) is 19.7 Å². The van der Waals surface area contributed by atoms with Crippen LogP contribution in [0.5, 0.6) is 11.5 Å². The second-order valence-electron chi connectivity index (χ2n) is 6.24. The van der Waals surface area contributed by atoms with E-state index in [-0.39, 0.29) is 6.79 Å². The molecule has 1 saturated heterocycles. The number of hydrogen-bond donors (Lipinski definition) is 0. The number of ether oxygens (including phenoxy) is 3. The molecule has 0 radical (unpaired) electrons. The highest BCUT2D eigenvalue weighted by atomic mass is 16.7. The molecule has 1 aromatic carbocycles. The lowest BCUT2D eigenvalue weighted by Crippen LogP contribution is -2.46. The molecule has 2 aliphatic rings. The molecule has 0 spiro atoms. The first-order valence-corrected chi connectivity index (χ1v) is 8.55. The lowest BCUT2D eigenvalue weighted by atomic mass is 9.90. The Balaban J connectivity index is 1.91. The summed E-state index contributed by atoms with van der Waals surface area (Å²) in [5.74, 6) is -0.317. The number of amides is 1. The van der Waals surface area contributed by atoms with Gasteiger partial charge in [-0.3, -0.25) is 4.79 Å². The van der Waals surface area contributed by atoms with Gasteiger partial charge < -0.3 is 19.1 Å². The summed E-state index contributed by atoms with van der Waals surface area (Å²) in [5.41, 5.74) is 9.72. The number of rotatable bonds is 6. The summed E-state index contributed by atoms with van der Waals surface area (Å²) in [7, 11) is 1.29. The first-order valence-electron chi connectivity index (χ1n) is 8.55. The van der Waals surface area contributed by atoms with Gasteiger partial charge in [0.25, 0.3) is 0 Å². The highest BCUT2D eigenvalue weighted by molar-refractivity contribution is 5.89. The van der Waals surface area contributed by atoms with Gasteiger partial charge in [0.05, 0.1) is 7.11 Å². The van der Waals surface area contributed by atoms with Gasteiger partial charge in [0, 0.05) is 17.4 Å². The van der Waals surface area contributed by atoms with Crippen molar-refractivity contribution in [2.24, 2.45) is 5.11 Å². The largest absolute Gasteiger partial charge is 0.467 e. The normalized spacial score (nSPS) is 19.7. The van der Waals surface area contributed by atoms with Crippen molar-refractivity contribution in [2.45, 2.75) is 30.8 Å². The Morgan fingerprint density at radius 3 is 2.93 bits per heavy atom. The number of nitrogens with zero attached hydrogens (tertiary/aromatic N) is 4. The van der Waals surface area contributed by atoms with Crippen LogP contribution in [0.15, 0.2) is 36.0 Å². The molecule has 0 aliphatic carbocycles. The maximum atomic E-state index is 13.1. The zero-order valence-electron chi connectivity index (χ0n) is 14.9. The van der Waals surface area contributed by atoms with Crippen LogP contribution in [0.2, 0.25) is 0 Å². The van der Waals surface area contributed by atoms with Crippen molar-refractivity contribution in [1.82, 2.24) is 4.90 Å². The molecule has 0 saturated carbocycles. The topological polar surface area (TPSA) is 114 Å². The Morgan fingerprint density at radius 1 is 1.44 bits per heavy atom. The zero-order valence-corrected chi connectivity index (χ0v) is 14.9.